The van der Waals surface area contributed by atoms with Crippen LogP contribution in [0.5, 0.6) is 0 Å². The summed E-state index contributed by atoms with van der Waals surface area (Å²) in [6.45, 7) is 5.41. The molecular weight excluding hydrogens is 280 g/mol. The second-order valence-corrected chi connectivity index (χ2v) is 6.74. The Morgan fingerprint density at radius 1 is 1.09 bits per heavy atom. The van der Waals surface area contributed by atoms with Gasteiger partial charge in [-0.05, 0) is 61.0 Å². The van der Waals surface area contributed by atoms with Gasteiger partial charge in [0.25, 0.3) is 0 Å². The van der Waals surface area contributed by atoms with Crippen molar-refractivity contribution < 1.29 is 0 Å². The van der Waals surface area contributed by atoms with Crippen molar-refractivity contribution in [2.24, 2.45) is 0 Å². The quantitative estimate of drug-likeness (QED) is 0.766. The van der Waals surface area contributed by atoms with Gasteiger partial charge in [-0.1, -0.05) is 36.4 Å². The lowest BCUT2D eigenvalue weighted by Gasteiger charge is -2.29. The molecule has 3 aromatic rings. The van der Waals surface area contributed by atoms with Crippen molar-refractivity contribution in [2.45, 2.75) is 31.7 Å². The largest absolute Gasteiger partial charge is 0.348 e. The Morgan fingerprint density at radius 2 is 1.96 bits per heavy atom. The molecule has 1 N–H and O–H groups in total. The van der Waals surface area contributed by atoms with Crippen LogP contribution in [0.1, 0.15) is 24.5 Å². The molecule has 1 aromatic heterocycles. The predicted octanol–water partition coefficient (Wildman–Crippen LogP) is 4.14. The van der Waals surface area contributed by atoms with E-state index in [1.807, 2.05) is 0 Å². The normalized spacial score (nSPS) is 21.1. The van der Waals surface area contributed by atoms with Crippen molar-refractivity contribution in [2.75, 3.05) is 13.1 Å². The lowest BCUT2D eigenvalue weighted by atomic mass is 9.74. The Morgan fingerprint density at radius 3 is 2.70 bits per heavy atom. The van der Waals surface area contributed by atoms with E-state index in [0.717, 1.165) is 26.1 Å². The van der Waals surface area contributed by atoms with E-state index in [9.17, 15) is 0 Å². The first-order valence-electron chi connectivity index (χ1n) is 8.65. The van der Waals surface area contributed by atoms with Gasteiger partial charge in [-0.25, -0.2) is 0 Å². The molecule has 118 valence electrons. The van der Waals surface area contributed by atoms with Crippen molar-refractivity contribution >= 4 is 10.9 Å². The van der Waals surface area contributed by atoms with E-state index in [-0.39, 0.29) is 5.41 Å². The fourth-order valence-corrected chi connectivity index (χ4v) is 4.04. The molecule has 1 aliphatic rings. The maximum atomic E-state index is 3.59. The summed E-state index contributed by atoms with van der Waals surface area (Å²) in [6.07, 6.45) is 4.52. The summed E-state index contributed by atoms with van der Waals surface area (Å²) < 4.78 is 2.32. The minimum absolute atomic E-state index is 0.226. The van der Waals surface area contributed by atoms with Gasteiger partial charge in [0.1, 0.15) is 0 Å². The molecule has 0 saturated carbocycles. The lowest BCUT2D eigenvalue weighted by molar-refractivity contribution is 0.468. The van der Waals surface area contributed by atoms with Gasteiger partial charge in [0.05, 0.1) is 0 Å². The smallest absolute Gasteiger partial charge is 0.0480 e. The van der Waals surface area contributed by atoms with Crippen molar-refractivity contribution in [1.82, 2.24) is 9.88 Å². The molecule has 0 spiro atoms. The molecule has 23 heavy (non-hydrogen) atoms. The van der Waals surface area contributed by atoms with E-state index >= 15 is 0 Å². The summed E-state index contributed by atoms with van der Waals surface area (Å²) >= 11 is 0. The second-order valence-electron chi connectivity index (χ2n) is 6.74. The highest BCUT2D eigenvalue weighted by atomic mass is 14.9. The van der Waals surface area contributed by atoms with Crippen LogP contribution in [0.25, 0.3) is 10.9 Å². The van der Waals surface area contributed by atoms with Crippen LogP contribution in [0.3, 0.4) is 0 Å². The fraction of sp³-hybridized carbons (Fsp3) is 0.333. The SMILES string of the molecule is CCn1ccc2cc(C3(Cc4ccccc4)CCNC3)ccc21. The molecular formula is C21H24N2. The number of benzene rings is 2. The van der Waals surface area contributed by atoms with Crippen LogP contribution in [-0.2, 0) is 18.4 Å². The number of hydrogen-bond donors (Lipinski definition) is 1. The van der Waals surface area contributed by atoms with Crippen LogP contribution in [-0.4, -0.2) is 17.7 Å². The minimum Gasteiger partial charge on any atom is -0.348 e. The molecule has 1 atom stereocenters. The highest BCUT2D eigenvalue weighted by Crippen LogP contribution is 2.36. The Kier molecular flexibility index (Phi) is 3.70. The maximum absolute atomic E-state index is 3.59. The third kappa shape index (κ3) is 2.57. The Bertz CT molecular complexity index is 795. The van der Waals surface area contributed by atoms with Gasteiger partial charge in [-0.3, -0.25) is 0 Å². The van der Waals surface area contributed by atoms with Crippen molar-refractivity contribution in [3.05, 3.63) is 71.9 Å². The molecule has 1 aliphatic heterocycles. The monoisotopic (exact) mass is 304 g/mol. The first-order chi connectivity index (χ1) is 11.3. The summed E-state index contributed by atoms with van der Waals surface area (Å²) in [4.78, 5) is 0. The van der Waals surface area contributed by atoms with E-state index in [2.05, 4.69) is 77.6 Å². The van der Waals surface area contributed by atoms with Crippen molar-refractivity contribution in [3.63, 3.8) is 0 Å². The van der Waals surface area contributed by atoms with Crippen LogP contribution in [0.4, 0.5) is 0 Å². The number of aromatic nitrogens is 1. The first kappa shape index (κ1) is 14.5. The zero-order chi connectivity index (χ0) is 15.7. The highest BCUT2D eigenvalue weighted by molar-refractivity contribution is 5.81. The predicted molar refractivity (Wildman–Crippen MR) is 96.9 cm³/mol. The average molecular weight is 304 g/mol. The van der Waals surface area contributed by atoms with Crippen LogP contribution in [0, 0.1) is 0 Å². The summed E-state index contributed by atoms with van der Waals surface area (Å²) in [5, 5.41) is 4.96. The summed E-state index contributed by atoms with van der Waals surface area (Å²) in [7, 11) is 0. The number of nitrogens with zero attached hydrogens (tertiary/aromatic N) is 1. The Hall–Kier alpha value is -2.06. The third-order valence-corrected chi connectivity index (χ3v) is 5.35. The van der Waals surface area contributed by atoms with Gasteiger partial charge in [0.15, 0.2) is 0 Å². The zero-order valence-electron chi connectivity index (χ0n) is 13.8. The molecule has 0 radical (unpaired) electrons. The summed E-state index contributed by atoms with van der Waals surface area (Å²) in [6, 6.07) is 20.2. The fourth-order valence-electron chi connectivity index (χ4n) is 4.04. The second kappa shape index (κ2) is 5.86. The summed E-state index contributed by atoms with van der Waals surface area (Å²) in [5.41, 5.74) is 4.48. The number of fused-ring (bicyclic) bond motifs is 1. The molecule has 1 fully saturated rings. The molecule has 0 aliphatic carbocycles. The molecule has 2 heterocycles. The van der Waals surface area contributed by atoms with Crippen LogP contribution >= 0.6 is 0 Å². The number of rotatable bonds is 4. The molecule has 0 amide bonds. The minimum atomic E-state index is 0.226. The lowest BCUT2D eigenvalue weighted by Crippen LogP contribution is -2.31. The van der Waals surface area contributed by atoms with E-state index in [4.69, 9.17) is 0 Å². The maximum Gasteiger partial charge on any atom is 0.0480 e. The van der Waals surface area contributed by atoms with E-state index < -0.39 is 0 Å². The first-order valence-corrected chi connectivity index (χ1v) is 8.65. The molecule has 2 nitrogen and oxygen atoms in total. The van der Waals surface area contributed by atoms with Gasteiger partial charge in [-0.2, -0.15) is 0 Å². The molecule has 1 unspecified atom stereocenters. The third-order valence-electron chi connectivity index (χ3n) is 5.35. The number of aryl methyl sites for hydroxylation is 1. The zero-order valence-corrected chi connectivity index (χ0v) is 13.8. The van der Waals surface area contributed by atoms with E-state index in [1.54, 1.807) is 0 Å². The van der Waals surface area contributed by atoms with E-state index in [0.29, 0.717) is 0 Å². The van der Waals surface area contributed by atoms with Crippen LogP contribution in [0.15, 0.2) is 60.8 Å². The molecule has 4 rings (SSSR count). The van der Waals surface area contributed by atoms with Crippen molar-refractivity contribution in [3.8, 4) is 0 Å². The highest BCUT2D eigenvalue weighted by Gasteiger charge is 2.35. The molecule has 2 aromatic carbocycles. The van der Waals surface area contributed by atoms with E-state index in [1.165, 1.54) is 28.5 Å². The number of nitrogens with one attached hydrogen (secondary N) is 1. The molecule has 0 bridgehead atoms. The van der Waals surface area contributed by atoms with Crippen LogP contribution in [0.2, 0.25) is 0 Å². The Labute approximate surface area is 138 Å². The van der Waals surface area contributed by atoms with Crippen LogP contribution < -0.4 is 5.32 Å². The number of hydrogen-bond acceptors (Lipinski definition) is 1. The van der Waals surface area contributed by atoms with Crippen molar-refractivity contribution in [1.29, 1.82) is 0 Å². The Balaban J connectivity index is 1.75. The van der Waals surface area contributed by atoms with Gasteiger partial charge >= 0.3 is 0 Å². The van der Waals surface area contributed by atoms with Gasteiger partial charge in [-0.15, -0.1) is 0 Å². The van der Waals surface area contributed by atoms with Gasteiger partial charge in [0.2, 0.25) is 0 Å². The van der Waals surface area contributed by atoms with Gasteiger partial charge in [0, 0.05) is 30.2 Å². The summed E-state index contributed by atoms with van der Waals surface area (Å²) in [5.74, 6) is 0. The average Bonchev–Trinajstić information content (AvgIpc) is 3.22. The van der Waals surface area contributed by atoms with Gasteiger partial charge < -0.3 is 9.88 Å². The molecule has 1 saturated heterocycles. The molecule has 2 heteroatoms. The standard InChI is InChI=1S/C21H24N2/c1-2-23-13-10-18-14-19(8-9-20(18)23)21(11-12-22-16-21)15-17-6-4-3-5-7-17/h3-10,13-14,22H,2,11-12,15-16H2,1H3. The topological polar surface area (TPSA) is 17.0 Å².